The molecule has 122 valence electrons. The van der Waals surface area contributed by atoms with Crippen LogP contribution in [-0.4, -0.2) is 17.4 Å². The van der Waals surface area contributed by atoms with Crippen LogP contribution in [0.2, 0.25) is 0 Å². The van der Waals surface area contributed by atoms with E-state index in [1.807, 2.05) is 12.1 Å². The highest BCUT2D eigenvalue weighted by atomic mass is 79.9. The van der Waals surface area contributed by atoms with Gasteiger partial charge in [-0.2, -0.15) is 0 Å². The Kier molecular flexibility index (Phi) is 5.43. The van der Waals surface area contributed by atoms with Gasteiger partial charge in [-0.1, -0.05) is 52.3 Å². The fourth-order valence-corrected chi connectivity index (χ4v) is 3.46. The van der Waals surface area contributed by atoms with Crippen LogP contribution in [0.15, 0.2) is 58.4 Å². The molecule has 1 heterocycles. The molecule has 0 aliphatic rings. The second-order valence-corrected chi connectivity index (χ2v) is 7.25. The summed E-state index contributed by atoms with van der Waals surface area (Å²) < 4.78 is 1.07. The Hall–Kier alpha value is -1.98. The van der Waals surface area contributed by atoms with Crippen LogP contribution in [0.5, 0.6) is 0 Å². The number of carbonyl (C=O) groups excluding carboxylic acids is 1. The van der Waals surface area contributed by atoms with Crippen molar-refractivity contribution < 1.29 is 4.79 Å². The number of hydrogen-bond donors (Lipinski definition) is 1. The Balaban J connectivity index is 1.71. The molecule has 1 aromatic heterocycles. The van der Waals surface area contributed by atoms with Gasteiger partial charge in [0.05, 0.1) is 5.69 Å². The zero-order valence-electron chi connectivity index (χ0n) is 13.3. The van der Waals surface area contributed by atoms with Crippen LogP contribution >= 0.6 is 27.3 Å². The number of benzene rings is 2. The van der Waals surface area contributed by atoms with Gasteiger partial charge in [-0.3, -0.25) is 4.79 Å². The quantitative estimate of drug-likeness (QED) is 0.660. The van der Waals surface area contributed by atoms with Gasteiger partial charge >= 0.3 is 0 Å². The Morgan fingerprint density at radius 3 is 2.42 bits per heavy atom. The second-order valence-electron chi connectivity index (χ2n) is 5.47. The van der Waals surface area contributed by atoms with Gasteiger partial charge in [-0.25, -0.2) is 4.98 Å². The zero-order valence-corrected chi connectivity index (χ0v) is 15.7. The number of halogens is 1. The van der Waals surface area contributed by atoms with Gasteiger partial charge in [0.15, 0.2) is 0 Å². The van der Waals surface area contributed by atoms with E-state index in [4.69, 9.17) is 4.98 Å². The molecule has 0 radical (unpaired) electrons. The maximum absolute atomic E-state index is 10.9. The highest BCUT2D eigenvalue weighted by Gasteiger charge is 2.07. The summed E-state index contributed by atoms with van der Waals surface area (Å²) in [4.78, 5) is 15.6. The molecule has 5 heteroatoms. The molecule has 2 aromatic carbocycles. The minimum Gasteiger partial charge on any atom is -0.356 e. The molecule has 0 bridgehead atoms. The lowest BCUT2D eigenvalue weighted by Crippen LogP contribution is -2.22. The van der Waals surface area contributed by atoms with Crippen LogP contribution in [0, 0.1) is 0 Å². The van der Waals surface area contributed by atoms with Gasteiger partial charge in [0.2, 0.25) is 5.91 Å². The Bertz CT molecular complexity index is 825. The molecule has 0 atom stereocenters. The molecule has 0 aliphatic carbocycles. The topological polar surface area (TPSA) is 42.0 Å². The fraction of sp³-hybridized carbons (Fsp3) is 0.158. The number of thiazole rings is 1. The molecule has 0 spiro atoms. The summed E-state index contributed by atoms with van der Waals surface area (Å²) in [6.07, 6.45) is 0.834. The summed E-state index contributed by atoms with van der Waals surface area (Å²) in [6, 6.07) is 16.6. The molecule has 3 nitrogen and oxygen atoms in total. The van der Waals surface area contributed by atoms with E-state index in [1.54, 1.807) is 11.3 Å². The molecule has 0 saturated carbocycles. The van der Waals surface area contributed by atoms with E-state index >= 15 is 0 Å². The Morgan fingerprint density at radius 1 is 1.08 bits per heavy atom. The first-order chi connectivity index (χ1) is 11.6. The van der Waals surface area contributed by atoms with Crippen molar-refractivity contribution in [3.63, 3.8) is 0 Å². The third-order valence-corrected chi connectivity index (χ3v) is 5.05. The third kappa shape index (κ3) is 4.30. The normalized spacial score (nSPS) is 10.6. The molecule has 3 rings (SSSR count). The molecule has 24 heavy (non-hydrogen) atoms. The van der Waals surface area contributed by atoms with Crippen molar-refractivity contribution in [2.45, 2.75) is 13.3 Å². The number of nitrogens with zero attached hydrogens (tertiary/aromatic N) is 1. The molecule has 0 fully saturated rings. The van der Waals surface area contributed by atoms with E-state index in [0.29, 0.717) is 6.54 Å². The van der Waals surface area contributed by atoms with Crippen molar-refractivity contribution in [2.75, 3.05) is 6.54 Å². The van der Waals surface area contributed by atoms with Gasteiger partial charge in [0.25, 0.3) is 0 Å². The van der Waals surface area contributed by atoms with Crippen molar-refractivity contribution in [3.05, 3.63) is 63.9 Å². The molecule has 1 N–H and O–H groups in total. The Morgan fingerprint density at radius 2 is 1.75 bits per heavy atom. The van der Waals surface area contributed by atoms with Crippen molar-refractivity contribution in [3.8, 4) is 21.8 Å². The van der Waals surface area contributed by atoms with Gasteiger partial charge in [-0.05, 0) is 24.1 Å². The highest BCUT2D eigenvalue weighted by molar-refractivity contribution is 9.10. The van der Waals surface area contributed by atoms with Gasteiger partial charge in [0.1, 0.15) is 5.01 Å². The average molecular weight is 401 g/mol. The van der Waals surface area contributed by atoms with E-state index in [0.717, 1.165) is 32.7 Å². The van der Waals surface area contributed by atoms with E-state index < -0.39 is 0 Å². The lowest BCUT2D eigenvalue weighted by atomic mass is 10.1. The van der Waals surface area contributed by atoms with Crippen LogP contribution in [-0.2, 0) is 11.2 Å². The van der Waals surface area contributed by atoms with E-state index in [2.05, 4.69) is 63.0 Å². The predicted octanol–water partition coefficient (Wildman–Crippen LogP) is 4.92. The zero-order chi connectivity index (χ0) is 16.9. The van der Waals surface area contributed by atoms with Crippen LogP contribution in [0.4, 0.5) is 0 Å². The number of nitrogens with one attached hydrogen (secondary N) is 1. The minimum absolute atomic E-state index is 0.00886. The third-order valence-electron chi connectivity index (χ3n) is 3.63. The summed E-state index contributed by atoms with van der Waals surface area (Å²) >= 11 is 5.10. The molecule has 3 aromatic rings. The molecular formula is C19H17BrN2OS. The standard InChI is InChI=1S/C19H17BrN2OS/c1-13(23)21-11-10-14-2-4-15(5-3-14)18-12-24-19(22-18)16-6-8-17(20)9-7-16/h2-9,12H,10-11H2,1H3,(H,21,23). The second kappa shape index (κ2) is 7.73. The van der Waals surface area contributed by atoms with Crippen molar-refractivity contribution in [1.82, 2.24) is 10.3 Å². The number of amides is 1. The molecule has 0 saturated heterocycles. The molecular weight excluding hydrogens is 384 g/mol. The van der Waals surface area contributed by atoms with Crippen LogP contribution in [0.3, 0.4) is 0 Å². The smallest absolute Gasteiger partial charge is 0.216 e. The molecule has 0 unspecified atom stereocenters. The van der Waals surface area contributed by atoms with Crippen LogP contribution in [0.1, 0.15) is 12.5 Å². The first-order valence-electron chi connectivity index (χ1n) is 7.67. The number of aromatic nitrogens is 1. The van der Waals surface area contributed by atoms with Crippen LogP contribution < -0.4 is 5.32 Å². The number of rotatable bonds is 5. The molecule has 1 amide bonds. The van der Waals surface area contributed by atoms with Crippen LogP contribution in [0.25, 0.3) is 21.8 Å². The van der Waals surface area contributed by atoms with E-state index in [-0.39, 0.29) is 5.91 Å². The summed E-state index contributed by atoms with van der Waals surface area (Å²) in [7, 11) is 0. The fourth-order valence-electron chi connectivity index (χ4n) is 2.36. The number of hydrogen-bond acceptors (Lipinski definition) is 3. The monoisotopic (exact) mass is 400 g/mol. The van der Waals surface area contributed by atoms with Gasteiger partial charge < -0.3 is 5.32 Å². The first-order valence-corrected chi connectivity index (χ1v) is 9.34. The van der Waals surface area contributed by atoms with Gasteiger partial charge in [0, 0.05) is 34.4 Å². The first kappa shape index (κ1) is 16.9. The van der Waals surface area contributed by atoms with E-state index in [9.17, 15) is 4.79 Å². The summed E-state index contributed by atoms with van der Waals surface area (Å²) in [6.45, 7) is 2.20. The largest absolute Gasteiger partial charge is 0.356 e. The van der Waals surface area contributed by atoms with E-state index in [1.165, 1.54) is 12.5 Å². The number of carbonyl (C=O) groups is 1. The summed E-state index contributed by atoms with van der Waals surface area (Å²) in [5, 5.41) is 5.92. The van der Waals surface area contributed by atoms with Gasteiger partial charge in [-0.15, -0.1) is 11.3 Å². The minimum atomic E-state index is 0.00886. The average Bonchev–Trinajstić information content (AvgIpc) is 3.06. The predicted molar refractivity (Wildman–Crippen MR) is 103 cm³/mol. The highest BCUT2D eigenvalue weighted by Crippen LogP contribution is 2.29. The molecule has 0 aliphatic heterocycles. The van der Waals surface area contributed by atoms with Crippen molar-refractivity contribution in [1.29, 1.82) is 0 Å². The van der Waals surface area contributed by atoms with Crippen molar-refractivity contribution >= 4 is 33.2 Å². The summed E-state index contributed by atoms with van der Waals surface area (Å²) in [5.41, 5.74) is 4.43. The lowest BCUT2D eigenvalue weighted by molar-refractivity contribution is -0.118. The SMILES string of the molecule is CC(=O)NCCc1ccc(-c2csc(-c3ccc(Br)cc3)n2)cc1. The summed E-state index contributed by atoms with van der Waals surface area (Å²) in [5.74, 6) is 0.00886. The lowest BCUT2D eigenvalue weighted by Gasteiger charge is -2.03. The Labute approximate surface area is 153 Å². The van der Waals surface area contributed by atoms with Crippen molar-refractivity contribution in [2.24, 2.45) is 0 Å². The maximum Gasteiger partial charge on any atom is 0.216 e. The maximum atomic E-state index is 10.9.